The van der Waals surface area contributed by atoms with E-state index in [1.165, 1.54) is 0 Å². The van der Waals surface area contributed by atoms with Gasteiger partial charge in [0.1, 0.15) is 0 Å². The van der Waals surface area contributed by atoms with Gasteiger partial charge in [-0.25, -0.2) is 0 Å². The summed E-state index contributed by atoms with van der Waals surface area (Å²) in [6.07, 6.45) is 0.737. The van der Waals surface area contributed by atoms with E-state index < -0.39 is 0 Å². The summed E-state index contributed by atoms with van der Waals surface area (Å²) in [6.45, 7) is 2.18. The number of rotatable bonds is 4. The molecule has 0 saturated heterocycles. The Morgan fingerprint density at radius 2 is 2.11 bits per heavy atom. The smallest absolute Gasteiger partial charge is 0.0497 e. The predicted molar refractivity (Wildman–Crippen MR) is 41.2 cm³/mol. The summed E-state index contributed by atoms with van der Waals surface area (Å²) in [7, 11) is 0. The summed E-state index contributed by atoms with van der Waals surface area (Å²) in [5.74, 6) is 0.775. The largest absolute Gasteiger partial charge is 0.396 e. The normalized spacial score (nSPS) is 17.3. The summed E-state index contributed by atoms with van der Waals surface area (Å²) in [4.78, 5) is 0. The van der Waals surface area contributed by atoms with E-state index in [0.29, 0.717) is 11.8 Å². The summed E-state index contributed by atoms with van der Waals surface area (Å²) >= 11 is 11.2. The first-order chi connectivity index (χ1) is 4.22. The van der Waals surface area contributed by atoms with Crippen LogP contribution in [0.15, 0.2) is 0 Å². The summed E-state index contributed by atoms with van der Waals surface area (Å²) in [6, 6.07) is 0. The first-order valence-electron chi connectivity index (χ1n) is 3.03. The molecular weight excluding hydrogens is 159 g/mol. The van der Waals surface area contributed by atoms with Crippen LogP contribution in [-0.2, 0) is 0 Å². The second-order valence-electron chi connectivity index (χ2n) is 2.16. The highest BCUT2D eigenvalue weighted by atomic mass is 35.5. The average molecular weight is 171 g/mol. The molecule has 3 heteroatoms. The first-order valence-corrected chi connectivity index (χ1v) is 4.00. The van der Waals surface area contributed by atoms with Gasteiger partial charge in [-0.3, -0.25) is 0 Å². The van der Waals surface area contributed by atoms with E-state index >= 15 is 0 Å². The van der Waals surface area contributed by atoms with Crippen LogP contribution in [0.4, 0.5) is 0 Å². The number of hydrogen-bond acceptors (Lipinski definition) is 1. The highest BCUT2D eigenvalue weighted by molar-refractivity contribution is 6.28. The molecule has 0 aromatic carbocycles. The Hall–Kier alpha value is 0.540. The van der Waals surface area contributed by atoms with E-state index in [9.17, 15) is 0 Å². The Balaban J connectivity index is 3.32. The average Bonchev–Trinajstić information content (AvgIpc) is 1.87. The molecule has 1 nitrogen and oxygen atoms in total. The molecule has 0 aliphatic rings. The summed E-state index contributed by atoms with van der Waals surface area (Å²) in [5.41, 5.74) is 0. The molecular formula is C6H12Cl2O. The van der Waals surface area contributed by atoms with Gasteiger partial charge in [-0.1, -0.05) is 6.92 Å². The lowest BCUT2D eigenvalue weighted by Crippen LogP contribution is -2.14. The standard InChI is InChI=1S/C6H12Cl2O/c1-5(2-3-9)6(8)4-7/h5-6,9H,2-4H2,1H3. The van der Waals surface area contributed by atoms with Crippen molar-refractivity contribution in [2.45, 2.75) is 18.7 Å². The second kappa shape index (κ2) is 5.33. The summed E-state index contributed by atoms with van der Waals surface area (Å²) < 4.78 is 0. The SMILES string of the molecule is CC(CCO)C(Cl)CCl. The number of halogens is 2. The quantitative estimate of drug-likeness (QED) is 0.640. The third kappa shape index (κ3) is 4.01. The molecule has 0 aliphatic heterocycles. The lowest BCUT2D eigenvalue weighted by Gasteiger charge is -2.12. The molecule has 0 amide bonds. The van der Waals surface area contributed by atoms with Crippen LogP contribution in [0.2, 0.25) is 0 Å². The molecule has 1 N–H and O–H groups in total. The summed E-state index contributed by atoms with van der Waals surface area (Å²) in [5, 5.41) is 8.48. The minimum Gasteiger partial charge on any atom is -0.396 e. The first kappa shape index (κ1) is 9.54. The Kier molecular flexibility index (Phi) is 5.65. The van der Waals surface area contributed by atoms with Gasteiger partial charge in [-0.2, -0.15) is 0 Å². The van der Waals surface area contributed by atoms with Crippen LogP contribution in [0.3, 0.4) is 0 Å². The van der Waals surface area contributed by atoms with Crippen molar-refractivity contribution >= 4 is 23.2 Å². The zero-order chi connectivity index (χ0) is 7.28. The van der Waals surface area contributed by atoms with Crippen molar-refractivity contribution in [3.63, 3.8) is 0 Å². The Bertz CT molecular complexity index is 68.1. The van der Waals surface area contributed by atoms with Crippen molar-refractivity contribution in [2.75, 3.05) is 12.5 Å². The van der Waals surface area contributed by atoms with Crippen molar-refractivity contribution in [1.82, 2.24) is 0 Å². The number of aliphatic hydroxyl groups is 1. The maximum Gasteiger partial charge on any atom is 0.0497 e. The third-order valence-corrected chi connectivity index (χ3v) is 2.42. The highest BCUT2D eigenvalue weighted by Crippen LogP contribution is 2.14. The number of alkyl halides is 2. The molecule has 0 aromatic heterocycles. The van der Waals surface area contributed by atoms with Gasteiger partial charge in [-0.15, -0.1) is 23.2 Å². The Morgan fingerprint density at radius 3 is 2.44 bits per heavy atom. The molecule has 0 bridgehead atoms. The number of hydrogen-bond donors (Lipinski definition) is 1. The van der Waals surface area contributed by atoms with Gasteiger partial charge in [0.25, 0.3) is 0 Å². The van der Waals surface area contributed by atoms with E-state index in [2.05, 4.69) is 0 Å². The van der Waals surface area contributed by atoms with E-state index in [4.69, 9.17) is 28.3 Å². The minimum absolute atomic E-state index is 0.00110. The molecule has 2 atom stereocenters. The molecule has 0 rings (SSSR count). The molecule has 0 aliphatic carbocycles. The Labute approximate surface area is 66.0 Å². The molecule has 56 valence electrons. The molecule has 0 fully saturated rings. The zero-order valence-electron chi connectivity index (χ0n) is 5.48. The van der Waals surface area contributed by atoms with Gasteiger partial charge in [0, 0.05) is 17.9 Å². The van der Waals surface area contributed by atoms with Crippen molar-refractivity contribution < 1.29 is 5.11 Å². The van der Waals surface area contributed by atoms with E-state index in [0.717, 1.165) is 6.42 Å². The van der Waals surface area contributed by atoms with Crippen LogP contribution >= 0.6 is 23.2 Å². The van der Waals surface area contributed by atoms with Gasteiger partial charge in [0.15, 0.2) is 0 Å². The molecule has 0 radical (unpaired) electrons. The van der Waals surface area contributed by atoms with Gasteiger partial charge in [-0.05, 0) is 12.3 Å². The van der Waals surface area contributed by atoms with Crippen molar-refractivity contribution in [1.29, 1.82) is 0 Å². The molecule has 0 spiro atoms. The Morgan fingerprint density at radius 1 is 1.56 bits per heavy atom. The van der Waals surface area contributed by atoms with Crippen LogP contribution < -0.4 is 0 Å². The zero-order valence-corrected chi connectivity index (χ0v) is 6.99. The van der Waals surface area contributed by atoms with Crippen LogP contribution in [0.1, 0.15) is 13.3 Å². The van der Waals surface area contributed by atoms with Crippen LogP contribution in [-0.4, -0.2) is 23.0 Å². The van der Waals surface area contributed by atoms with Gasteiger partial charge in [0.2, 0.25) is 0 Å². The fourth-order valence-electron chi connectivity index (χ4n) is 0.537. The minimum atomic E-state index is -0.00110. The fourth-order valence-corrected chi connectivity index (χ4v) is 0.967. The molecule has 2 unspecified atom stereocenters. The second-order valence-corrected chi connectivity index (χ2v) is 3.03. The van der Waals surface area contributed by atoms with Gasteiger partial charge in [0.05, 0.1) is 0 Å². The van der Waals surface area contributed by atoms with Gasteiger partial charge < -0.3 is 5.11 Å². The topological polar surface area (TPSA) is 20.2 Å². The van der Waals surface area contributed by atoms with Crippen molar-refractivity contribution in [3.05, 3.63) is 0 Å². The monoisotopic (exact) mass is 170 g/mol. The van der Waals surface area contributed by atoms with Crippen molar-refractivity contribution in [2.24, 2.45) is 5.92 Å². The fraction of sp³-hybridized carbons (Fsp3) is 1.00. The van der Waals surface area contributed by atoms with Crippen LogP contribution in [0.5, 0.6) is 0 Å². The molecule has 0 heterocycles. The van der Waals surface area contributed by atoms with E-state index in [1.54, 1.807) is 0 Å². The maximum atomic E-state index is 8.48. The molecule has 0 aromatic rings. The number of aliphatic hydroxyl groups excluding tert-OH is 1. The lowest BCUT2D eigenvalue weighted by molar-refractivity contribution is 0.262. The predicted octanol–water partition coefficient (Wildman–Crippen LogP) is 1.85. The van der Waals surface area contributed by atoms with Crippen LogP contribution in [0.25, 0.3) is 0 Å². The van der Waals surface area contributed by atoms with E-state index in [1.807, 2.05) is 6.92 Å². The third-order valence-electron chi connectivity index (χ3n) is 1.35. The molecule has 9 heavy (non-hydrogen) atoms. The van der Waals surface area contributed by atoms with Crippen molar-refractivity contribution in [3.8, 4) is 0 Å². The van der Waals surface area contributed by atoms with Crippen LogP contribution in [0, 0.1) is 5.92 Å². The molecule has 0 saturated carbocycles. The van der Waals surface area contributed by atoms with E-state index in [-0.39, 0.29) is 12.0 Å². The van der Waals surface area contributed by atoms with Gasteiger partial charge >= 0.3 is 0 Å². The highest BCUT2D eigenvalue weighted by Gasteiger charge is 2.11. The lowest BCUT2D eigenvalue weighted by atomic mass is 10.1. The maximum absolute atomic E-state index is 8.48.